The molecule has 76 valence electrons. The molecular formula is C11H15NO2. The van der Waals surface area contributed by atoms with Crippen LogP contribution in [0, 0.1) is 0 Å². The predicted molar refractivity (Wildman–Crippen MR) is 54.0 cm³/mol. The van der Waals surface area contributed by atoms with Crippen LogP contribution in [0.25, 0.3) is 0 Å². The lowest BCUT2D eigenvalue weighted by molar-refractivity contribution is -0.142. The van der Waals surface area contributed by atoms with Crippen molar-refractivity contribution in [2.24, 2.45) is 0 Å². The van der Waals surface area contributed by atoms with E-state index in [-0.39, 0.29) is 12.4 Å². The minimum Gasteiger partial charge on any atom is -0.466 e. The highest BCUT2D eigenvalue weighted by Crippen LogP contribution is 2.02. The zero-order valence-electron chi connectivity index (χ0n) is 8.62. The normalized spacial score (nSPS) is 9.86. The standard InChI is InChI=1S/C11H15NO2/c1-3-9-5-6-10(12-8-9)7-11(13)14-4-2/h5-6,8H,3-4,7H2,1-2H3. The molecule has 0 saturated carbocycles. The topological polar surface area (TPSA) is 39.2 Å². The second kappa shape index (κ2) is 5.37. The van der Waals surface area contributed by atoms with Gasteiger partial charge in [-0.05, 0) is 25.0 Å². The van der Waals surface area contributed by atoms with E-state index in [9.17, 15) is 4.79 Å². The fourth-order valence-corrected chi connectivity index (χ4v) is 1.13. The molecule has 0 aliphatic heterocycles. The van der Waals surface area contributed by atoms with Crippen molar-refractivity contribution in [2.45, 2.75) is 26.7 Å². The Kier molecular flexibility index (Phi) is 4.11. The maximum absolute atomic E-state index is 11.1. The molecule has 0 unspecified atom stereocenters. The molecule has 0 N–H and O–H groups in total. The molecule has 0 atom stereocenters. The first-order valence-electron chi connectivity index (χ1n) is 4.85. The predicted octanol–water partition coefficient (Wildman–Crippen LogP) is 1.75. The van der Waals surface area contributed by atoms with Gasteiger partial charge in [0.05, 0.1) is 18.7 Å². The fraction of sp³-hybridized carbons (Fsp3) is 0.455. The van der Waals surface area contributed by atoms with Crippen molar-refractivity contribution >= 4 is 5.97 Å². The zero-order valence-corrected chi connectivity index (χ0v) is 8.62. The van der Waals surface area contributed by atoms with E-state index in [4.69, 9.17) is 4.74 Å². The number of carbonyl (C=O) groups excluding carboxylic acids is 1. The summed E-state index contributed by atoms with van der Waals surface area (Å²) in [5, 5.41) is 0. The summed E-state index contributed by atoms with van der Waals surface area (Å²) in [5.74, 6) is -0.218. The van der Waals surface area contributed by atoms with Crippen molar-refractivity contribution in [3.8, 4) is 0 Å². The minimum atomic E-state index is -0.218. The number of rotatable bonds is 4. The zero-order chi connectivity index (χ0) is 10.4. The van der Waals surface area contributed by atoms with Crippen LogP contribution >= 0.6 is 0 Å². The van der Waals surface area contributed by atoms with Crippen molar-refractivity contribution in [3.63, 3.8) is 0 Å². The summed E-state index contributed by atoms with van der Waals surface area (Å²) in [6, 6.07) is 3.86. The van der Waals surface area contributed by atoms with Crippen LogP contribution in [0.4, 0.5) is 0 Å². The number of hydrogen-bond donors (Lipinski definition) is 0. The smallest absolute Gasteiger partial charge is 0.311 e. The van der Waals surface area contributed by atoms with Gasteiger partial charge in [0.15, 0.2) is 0 Å². The Morgan fingerprint density at radius 2 is 2.21 bits per heavy atom. The number of esters is 1. The molecule has 1 aromatic heterocycles. The molecular weight excluding hydrogens is 178 g/mol. The highest BCUT2D eigenvalue weighted by molar-refractivity contribution is 5.71. The molecule has 0 aliphatic rings. The molecule has 3 heteroatoms. The van der Waals surface area contributed by atoms with Gasteiger partial charge in [-0.15, -0.1) is 0 Å². The van der Waals surface area contributed by atoms with Gasteiger partial charge in [0.25, 0.3) is 0 Å². The van der Waals surface area contributed by atoms with Gasteiger partial charge in [0.1, 0.15) is 0 Å². The molecule has 3 nitrogen and oxygen atoms in total. The number of ether oxygens (including phenoxy) is 1. The van der Waals surface area contributed by atoms with Crippen LogP contribution in [0.2, 0.25) is 0 Å². The molecule has 0 fully saturated rings. The highest BCUT2D eigenvalue weighted by Gasteiger charge is 2.04. The SMILES string of the molecule is CCOC(=O)Cc1ccc(CC)cn1. The first-order valence-corrected chi connectivity index (χ1v) is 4.85. The summed E-state index contributed by atoms with van der Waals surface area (Å²) in [5.41, 5.74) is 1.94. The number of aryl methyl sites for hydroxylation is 1. The van der Waals surface area contributed by atoms with Gasteiger partial charge in [0.2, 0.25) is 0 Å². The molecule has 0 amide bonds. The average molecular weight is 193 g/mol. The van der Waals surface area contributed by atoms with E-state index in [0.29, 0.717) is 6.61 Å². The number of pyridine rings is 1. The Labute approximate surface area is 84.1 Å². The number of aromatic nitrogens is 1. The van der Waals surface area contributed by atoms with Gasteiger partial charge in [-0.25, -0.2) is 0 Å². The van der Waals surface area contributed by atoms with Gasteiger partial charge in [-0.3, -0.25) is 9.78 Å². The summed E-state index contributed by atoms with van der Waals surface area (Å²) >= 11 is 0. The molecule has 0 saturated heterocycles. The molecule has 0 bridgehead atoms. The third-order valence-corrected chi connectivity index (χ3v) is 1.93. The molecule has 0 aliphatic carbocycles. The van der Waals surface area contributed by atoms with Gasteiger partial charge in [0, 0.05) is 6.20 Å². The van der Waals surface area contributed by atoms with Crippen molar-refractivity contribution < 1.29 is 9.53 Å². The summed E-state index contributed by atoms with van der Waals surface area (Å²) in [6.07, 6.45) is 3.03. The first-order chi connectivity index (χ1) is 6.76. The maximum atomic E-state index is 11.1. The number of nitrogens with zero attached hydrogens (tertiary/aromatic N) is 1. The quantitative estimate of drug-likeness (QED) is 0.684. The molecule has 1 rings (SSSR count). The van der Waals surface area contributed by atoms with E-state index in [2.05, 4.69) is 11.9 Å². The summed E-state index contributed by atoms with van der Waals surface area (Å²) < 4.78 is 4.82. The van der Waals surface area contributed by atoms with Crippen LogP contribution in [0.3, 0.4) is 0 Å². The second-order valence-corrected chi connectivity index (χ2v) is 2.99. The monoisotopic (exact) mass is 193 g/mol. The Bertz CT molecular complexity index is 293. The van der Waals surface area contributed by atoms with Crippen LogP contribution in [0.1, 0.15) is 25.1 Å². The van der Waals surface area contributed by atoms with Crippen molar-refractivity contribution in [1.29, 1.82) is 0 Å². The van der Waals surface area contributed by atoms with Gasteiger partial charge >= 0.3 is 5.97 Å². The van der Waals surface area contributed by atoms with Crippen LogP contribution in [-0.2, 0) is 22.4 Å². The Balaban J connectivity index is 2.55. The second-order valence-electron chi connectivity index (χ2n) is 2.99. The van der Waals surface area contributed by atoms with E-state index < -0.39 is 0 Å². The molecule has 0 spiro atoms. The van der Waals surface area contributed by atoms with Crippen LogP contribution in [0.5, 0.6) is 0 Å². The lowest BCUT2D eigenvalue weighted by Gasteiger charge is -2.01. The first kappa shape index (κ1) is 10.7. The number of hydrogen-bond acceptors (Lipinski definition) is 3. The van der Waals surface area contributed by atoms with E-state index >= 15 is 0 Å². The van der Waals surface area contributed by atoms with Crippen LogP contribution < -0.4 is 0 Å². The van der Waals surface area contributed by atoms with Gasteiger partial charge in [-0.1, -0.05) is 13.0 Å². The van der Waals surface area contributed by atoms with Crippen molar-refractivity contribution in [2.75, 3.05) is 6.61 Å². The maximum Gasteiger partial charge on any atom is 0.311 e. The van der Waals surface area contributed by atoms with E-state index in [0.717, 1.165) is 12.1 Å². The molecule has 1 heterocycles. The van der Waals surface area contributed by atoms with E-state index in [1.54, 1.807) is 13.1 Å². The van der Waals surface area contributed by atoms with Crippen molar-refractivity contribution in [1.82, 2.24) is 4.98 Å². The van der Waals surface area contributed by atoms with Crippen LogP contribution in [-0.4, -0.2) is 17.6 Å². The lowest BCUT2D eigenvalue weighted by atomic mass is 10.2. The largest absolute Gasteiger partial charge is 0.466 e. The fourth-order valence-electron chi connectivity index (χ4n) is 1.13. The lowest BCUT2D eigenvalue weighted by Crippen LogP contribution is -2.08. The Morgan fingerprint density at radius 3 is 2.71 bits per heavy atom. The van der Waals surface area contributed by atoms with Crippen molar-refractivity contribution in [3.05, 3.63) is 29.6 Å². The molecule has 14 heavy (non-hydrogen) atoms. The van der Waals surface area contributed by atoms with Gasteiger partial charge < -0.3 is 4.74 Å². The number of carbonyl (C=O) groups is 1. The van der Waals surface area contributed by atoms with E-state index in [1.807, 2.05) is 12.1 Å². The summed E-state index contributed by atoms with van der Waals surface area (Å²) in [7, 11) is 0. The summed E-state index contributed by atoms with van der Waals surface area (Å²) in [4.78, 5) is 15.3. The minimum absolute atomic E-state index is 0.218. The molecule has 1 aromatic rings. The third kappa shape index (κ3) is 3.17. The molecule has 0 radical (unpaired) electrons. The Morgan fingerprint density at radius 1 is 1.43 bits per heavy atom. The average Bonchev–Trinajstić information content (AvgIpc) is 2.19. The third-order valence-electron chi connectivity index (χ3n) is 1.93. The highest BCUT2D eigenvalue weighted by atomic mass is 16.5. The summed E-state index contributed by atoms with van der Waals surface area (Å²) in [6.45, 7) is 4.29. The molecule has 0 aromatic carbocycles. The van der Waals surface area contributed by atoms with Crippen LogP contribution in [0.15, 0.2) is 18.3 Å². The Hall–Kier alpha value is -1.38. The van der Waals surface area contributed by atoms with Gasteiger partial charge in [-0.2, -0.15) is 0 Å². The van der Waals surface area contributed by atoms with E-state index in [1.165, 1.54) is 5.56 Å².